The lowest BCUT2D eigenvalue weighted by atomic mass is 10.1. The molecular weight excluding hydrogens is 415 g/mol. The Bertz CT molecular complexity index is 967. The number of ether oxygens (including phenoxy) is 1. The Morgan fingerprint density at radius 2 is 1.84 bits per heavy atom. The quantitative estimate of drug-likeness (QED) is 0.670. The smallest absolute Gasteiger partial charge is 0.263 e. The van der Waals surface area contributed by atoms with E-state index >= 15 is 0 Å². The van der Waals surface area contributed by atoms with E-state index in [1.54, 1.807) is 31.4 Å². The van der Waals surface area contributed by atoms with Crippen molar-refractivity contribution in [3.05, 3.63) is 65.5 Å². The molecule has 2 aromatic rings. The Balaban J connectivity index is 1.86. The minimum atomic E-state index is -1.14. The van der Waals surface area contributed by atoms with E-state index in [2.05, 4.69) is 5.32 Å². The summed E-state index contributed by atoms with van der Waals surface area (Å²) in [5.74, 6) is -1.18. The van der Waals surface area contributed by atoms with Gasteiger partial charge < -0.3 is 25.6 Å². The second-order valence-corrected chi connectivity index (χ2v) is 7.43. The van der Waals surface area contributed by atoms with E-state index in [0.29, 0.717) is 18.7 Å². The highest BCUT2D eigenvalue weighted by atomic mass is 19.1. The number of benzene rings is 2. The molecule has 0 aromatic heterocycles. The first-order chi connectivity index (χ1) is 15.4. The third kappa shape index (κ3) is 5.42. The second kappa shape index (κ2) is 10.7. The molecule has 1 atom stereocenters. The Morgan fingerprint density at radius 3 is 2.50 bits per heavy atom. The lowest BCUT2D eigenvalue weighted by Gasteiger charge is -2.42. The number of rotatable bonds is 7. The zero-order chi connectivity index (χ0) is 23.1. The summed E-state index contributed by atoms with van der Waals surface area (Å²) in [5.41, 5.74) is 6.37. The highest BCUT2D eigenvalue weighted by Gasteiger charge is 2.40. The van der Waals surface area contributed by atoms with Crippen LogP contribution in [0.4, 0.5) is 4.39 Å². The minimum Gasteiger partial charge on any atom is -0.497 e. The number of nitrogens with two attached hydrogens (primary N) is 1. The molecule has 1 saturated heterocycles. The molecule has 0 saturated carbocycles. The van der Waals surface area contributed by atoms with Gasteiger partial charge in [0.05, 0.1) is 13.5 Å². The number of amides is 3. The fraction of sp³-hybridized carbons (Fsp3) is 0.348. The Hall–Kier alpha value is -3.46. The minimum absolute atomic E-state index is 0.0622. The molecule has 1 aliphatic heterocycles. The Labute approximate surface area is 186 Å². The summed E-state index contributed by atoms with van der Waals surface area (Å²) in [7, 11) is 1.56. The Morgan fingerprint density at radius 1 is 1.12 bits per heavy atom. The first-order valence-electron chi connectivity index (χ1n) is 10.4. The molecule has 3 amide bonds. The van der Waals surface area contributed by atoms with E-state index in [1.165, 1.54) is 28.0 Å². The summed E-state index contributed by atoms with van der Waals surface area (Å²) >= 11 is 0. The number of carbonyl (C=O) groups excluding carboxylic acids is 3. The lowest BCUT2D eigenvalue weighted by Crippen LogP contribution is -2.64. The summed E-state index contributed by atoms with van der Waals surface area (Å²) in [6.07, 6.45) is -0.584. The SMILES string of the molecule is COc1ccc(CC(=O)N2CCCN(C(=O)c3cccc(F)c3)C2C(=O)NCCN)cc1. The zero-order valence-corrected chi connectivity index (χ0v) is 17.9. The molecular formula is C23H27FN4O4. The maximum absolute atomic E-state index is 13.7. The van der Waals surface area contributed by atoms with Gasteiger partial charge in [0.15, 0.2) is 6.17 Å². The molecule has 0 bridgehead atoms. The van der Waals surface area contributed by atoms with Crippen LogP contribution >= 0.6 is 0 Å². The number of carbonyl (C=O) groups is 3. The van der Waals surface area contributed by atoms with Gasteiger partial charge in [0.1, 0.15) is 11.6 Å². The molecule has 32 heavy (non-hydrogen) atoms. The van der Waals surface area contributed by atoms with Crippen LogP contribution in [0, 0.1) is 5.82 Å². The van der Waals surface area contributed by atoms with E-state index in [9.17, 15) is 18.8 Å². The molecule has 3 N–H and O–H groups in total. The van der Waals surface area contributed by atoms with E-state index in [0.717, 1.165) is 11.6 Å². The largest absolute Gasteiger partial charge is 0.497 e. The predicted molar refractivity (Wildman–Crippen MR) is 116 cm³/mol. The third-order valence-corrected chi connectivity index (χ3v) is 5.23. The number of nitrogens with zero attached hydrogens (tertiary/aromatic N) is 2. The molecule has 1 fully saturated rings. The molecule has 1 heterocycles. The predicted octanol–water partition coefficient (Wildman–Crippen LogP) is 1.15. The fourth-order valence-corrected chi connectivity index (χ4v) is 3.67. The van der Waals surface area contributed by atoms with Crippen LogP contribution in [0.5, 0.6) is 5.75 Å². The van der Waals surface area contributed by atoms with E-state index in [-0.39, 0.29) is 37.5 Å². The molecule has 0 spiro atoms. The number of hydrogen-bond acceptors (Lipinski definition) is 5. The van der Waals surface area contributed by atoms with Gasteiger partial charge in [0.2, 0.25) is 5.91 Å². The standard InChI is InChI=1S/C23H27FN4O4/c1-32-19-8-6-16(7-9-19)14-20(29)27-12-3-13-28(22(27)21(30)26-11-10-25)23(31)17-4-2-5-18(24)15-17/h2,4-9,15,22H,3,10-14,25H2,1H3,(H,26,30). The van der Waals surface area contributed by atoms with Crippen LogP contribution in [0.1, 0.15) is 22.3 Å². The lowest BCUT2D eigenvalue weighted by molar-refractivity contribution is -0.148. The van der Waals surface area contributed by atoms with Crippen molar-refractivity contribution in [1.82, 2.24) is 15.1 Å². The fourth-order valence-electron chi connectivity index (χ4n) is 3.67. The molecule has 0 radical (unpaired) electrons. The van der Waals surface area contributed by atoms with Gasteiger partial charge in [-0.05, 0) is 42.3 Å². The van der Waals surface area contributed by atoms with Crippen molar-refractivity contribution in [2.24, 2.45) is 5.73 Å². The molecule has 1 unspecified atom stereocenters. The van der Waals surface area contributed by atoms with Crippen molar-refractivity contribution < 1.29 is 23.5 Å². The molecule has 3 rings (SSSR count). The highest BCUT2D eigenvalue weighted by Crippen LogP contribution is 2.21. The molecule has 1 aliphatic rings. The van der Waals surface area contributed by atoms with Crippen LogP contribution in [0.2, 0.25) is 0 Å². The van der Waals surface area contributed by atoms with E-state index in [4.69, 9.17) is 10.5 Å². The number of hydrogen-bond donors (Lipinski definition) is 2. The second-order valence-electron chi connectivity index (χ2n) is 7.43. The van der Waals surface area contributed by atoms with E-state index < -0.39 is 23.8 Å². The average molecular weight is 442 g/mol. The Kier molecular flexibility index (Phi) is 7.77. The zero-order valence-electron chi connectivity index (χ0n) is 17.9. The van der Waals surface area contributed by atoms with E-state index in [1.807, 2.05) is 0 Å². The molecule has 9 heteroatoms. The highest BCUT2D eigenvalue weighted by molar-refractivity contribution is 5.99. The first-order valence-corrected chi connectivity index (χ1v) is 10.4. The number of nitrogens with one attached hydrogen (secondary N) is 1. The van der Waals surface area contributed by atoms with Gasteiger partial charge in [-0.2, -0.15) is 0 Å². The molecule has 2 aromatic carbocycles. The summed E-state index contributed by atoms with van der Waals surface area (Å²) < 4.78 is 18.8. The van der Waals surface area contributed by atoms with Gasteiger partial charge in [-0.1, -0.05) is 18.2 Å². The maximum atomic E-state index is 13.7. The molecule has 8 nitrogen and oxygen atoms in total. The summed E-state index contributed by atoms with van der Waals surface area (Å²) in [5, 5.41) is 2.67. The van der Waals surface area contributed by atoms with Crippen molar-refractivity contribution >= 4 is 17.7 Å². The summed E-state index contributed by atoms with van der Waals surface area (Å²) in [6, 6.07) is 12.3. The summed E-state index contributed by atoms with van der Waals surface area (Å²) in [6.45, 7) is 1.01. The van der Waals surface area contributed by atoms with Gasteiger partial charge in [-0.3, -0.25) is 14.4 Å². The monoisotopic (exact) mass is 442 g/mol. The third-order valence-electron chi connectivity index (χ3n) is 5.23. The van der Waals surface area contributed by atoms with Crippen molar-refractivity contribution in [1.29, 1.82) is 0 Å². The van der Waals surface area contributed by atoms with Crippen LogP contribution in [0.3, 0.4) is 0 Å². The van der Waals surface area contributed by atoms with Crippen molar-refractivity contribution in [3.63, 3.8) is 0 Å². The van der Waals surface area contributed by atoms with Crippen LogP contribution < -0.4 is 15.8 Å². The van der Waals surface area contributed by atoms with Gasteiger partial charge in [0, 0.05) is 31.7 Å². The topological polar surface area (TPSA) is 105 Å². The van der Waals surface area contributed by atoms with Crippen LogP contribution in [0.15, 0.2) is 48.5 Å². The number of methoxy groups -OCH3 is 1. The maximum Gasteiger partial charge on any atom is 0.263 e. The van der Waals surface area contributed by atoms with Gasteiger partial charge >= 0.3 is 0 Å². The van der Waals surface area contributed by atoms with Crippen molar-refractivity contribution in [2.45, 2.75) is 19.0 Å². The van der Waals surface area contributed by atoms with Crippen LogP contribution in [-0.4, -0.2) is 67.0 Å². The van der Waals surface area contributed by atoms with Gasteiger partial charge in [-0.15, -0.1) is 0 Å². The average Bonchev–Trinajstić information content (AvgIpc) is 2.82. The van der Waals surface area contributed by atoms with Crippen molar-refractivity contribution in [2.75, 3.05) is 33.3 Å². The van der Waals surface area contributed by atoms with Crippen LogP contribution in [0.25, 0.3) is 0 Å². The first kappa shape index (κ1) is 23.2. The van der Waals surface area contributed by atoms with Gasteiger partial charge in [0.25, 0.3) is 11.8 Å². The van der Waals surface area contributed by atoms with Crippen molar-refractivity contribution in [3.8, 4) is 5.75 Å². The normalized spacial score (nSPS) is 15.9. The number of halogens is 1. The van der Waals surface area contributed by atoms with Gasteiger partial charge in [-0.25, -0.2) is 4.39 Å². The molecule has 0 aliphatic carbocycles. The molecule has 170 valence electrons. The van der Waals surface area contributed by atoms with Crippen LogP contribution in [-0.2, 0) is 16.0 Å². The summed E-state index contributed by atoms with van der Waals surface area (Å²) in [4.78, 5) is 42.0.